The molecule has 0 atom stereocenters. The van der Waals surface area contributed by atoms with E-state index in [4.69, 9.17) is 9.90 Å². The summed E-state index contributed by atoms with van der Waals surface area (Å²) in [6.07, 6.45) is 0.968. The third-order valence-electron chi connectivity index (χ3n) is 0.176. The number of aliphatic carboxylic acids is 1. The minimum Gasteiger partial charge on any atom is -0.481 e. The Kier molecular flexibility index (Phi) is 9.35. The molecule has 1 N–H and O–H groups in total. The molecule has 0 aromatic carbocycles. The van der Waals surface area contributed by atoms with Gasteiger partial charge in [-0.2, -0.15) is 0 Å². The second-order valence-electron chi connectivity index (χ2n) is 1.04. The normalized spacial score (nSPS) is 6.60. The van der Waals surface area contributed by atoms with Crippen LogP contribution in [0.1, 0.15) is 6.92 Å². The maximum Gasteiger partial charge on any atom is 0.408 e. The lowest BCUT2D eigenvalue weighted by atomic mass is 10.9. The topological polar surface area (TPSA) is 63.6 Å². The van der Waals surface area contributed by atoms with Crippen molar-refractivity contribution in [3.8, 4) is 0 Å². The summed E-state index contributed by atoms with van der Waals surface area (Å²) in [7, 11) is 0. The number of halogens is 1. The van der Waals surface area contributed by atoms with E-state index in [1.54, 1.807) is 0 Å². The quantitative estimate of drug-likeness (QED) is 0.475. The van der Waals surface area contributed by atoms with Crippen LogP contribution >= 0.6 is 11.6 Å². The van der Waals surface area contributed by atoms with Crippen molar-refractivity contribution in [3.63, 3.8) is 0 Å². The predicted molar refractivity (Wildman–Crippen MR) is 35.8 cm³/mol. The molecule has 0 aliphatic rings. The first-order valence-electron chi connectivity index (χ1n) is 2.17. The highest BCUT2D eigenvalue weighted by Gasteiger charge is 1.83. The number of carboxylic acid groups (broad SMARTS) is 1. The van der Waals surface area contributed by atoms with E-state index in [9.17, 15) is 4.79 Å². The Morgan fingerprint density at radius 3 is 2.00 bits per heavy atom. The molecule has 0 aromatic rings. The van der Waals surface area contributed by atoms with Gasteiger partial charge in [0.2, 0.25) is 0 Å². The Morgan fingerprint density at radius 2 is 2.00 bits per heavy atom. The molecular weight excluding hydrogens is 160 g/mol. The molecule has 0 amide bonds. The van der Waals surface area contributed by atoms with Crippen LogP contribution in [0.4, 0.5) is 4.79 Å². The van der Waals surface area contributed by atoms with E-state index in [1.165, 1.54) is 0 Å². The van der Waals surface area contributed by atoms with E-state index >= 15 is 0 Å². The van der Waals surface area contributed by atoms with E-state index in [2.05, 4.69) is 22.9 Å². The maximum atomic E-state index is 9.52. The minimum atomic E-state index is -0.856. The van der Waals surface area contributed by atoms with Gasteiger partial charge in [-0.05, 0) is 0 Å². The summed E-state index contributed by atoms with van der Waals surface area (Å²) in [5.74, 6) is -0.833. The van der Waals surface area contributed by atoms with E-state index in [1.807, 2.05) is 0 Å². The first-order chi connectivity index (χ1) is 4.50. The Morgan fingerprint density at radius 1 is 1.70 bits per heavy atom. The van der Waals surface area contributed by atoms with E-state index < -0.39 is 11.4 Å². The Bertz CT molecular complexity index is 128. The van der Waals surface area contributed by atoms with Gasteiger partial charge in [0.15, 0.2) is 0 Å². The van der Waals surface area contributed by atoms with Crippen molar-refractivity contribution in [1.29, 1.82) is 0 Å². The lowest BCUT2D eigenvalue weighted by Gasteiger charge is -1.80. The van der Waals surface area contributed by atoms with Crippen LogP contribution in [0.25, 0.3) is 0 Å². The largest absolute Gasteiger partial charge is 0.481 e. The zero-order chi connectivity index (χ0) is 8.57. The number of rotatable bonds is 1. The molecule has 0 unspecified atom stereocenters. The van der Waals surface area contributed by atoms with E-state index in [-0.39, 0.29) is 0 Å². The predicted octanol–water partition coefficient (Wildman–Crippen LogP) is 1.60. The van der Waals surface area contributed by atoms with Crippen molar-refractivity contribution in [2.75, 3.05) is 0 Å². The van der Waals surface area contributed by atoms with Crippen molar-refractivity contribution >= 4 is 23.0 Å². The average Bonchev–Trinajstić information content (AvgIpc) is 1.62. The summed E-state index contributed by atoms with van der Waals surface area (Å²) in [6, 6.07) is 0. The molecule has 0 heterocycles. The summed E-state index contributed by atoms with van der Waals surface area (Å²) >= 11 is 4.65. The van der Waals surface area contributed by atoms with Gasteiger partial charge in [0.25, 0.3) is 5.97 Å². The van der Waals surface area contributed by atoms with Crippen LogP contribution in [0.15, 0.2) is 12.8 Å². The minimum absolute atomic E-state index is 0.833. The molecule has 5 heteroatoms. The molecule has 58 valence electrons. The highest BCUT2D eigenvalue weighted by atomic mass is 35.5. The molecule has 0 bridgehead atoms. The number of hydrogen-bond donors (Lipinski definition) is 1. The van der Waals surface area contributed by atoms with Crippen molar-refractivity contribution in [3.05, 3.63) is 12.8 Å². The number of carboxylic acids is 1. The van der Waals surface area contributed by atoms with Gasteiger partial charge < -0.3 is 9.84 Å². The zero-order valence-electron chi connectivity index (χ0n) is 5.33. The molecule has 0 radical (unpaired) electrons. The molecule has 0 spiro atoms. The van der Waals surface area contributed by atoms with Gasteiger partial charge in [0, 0.05) is 18.5 Å². The number of hydrogen-bond acceptors (Lipinski definition) is 3. The van der Waals surface area contributed by atoms with Gasteiger partial charge in [0.05, 0.1) is 6.26 Å². The van der Waals surface area contributed by atoms with Gasteiger partial charge in [-0.15, -0.1) is 0 Å². The maximum absolute atomic E-state index is 9.52. The van der Waals surface area contributed by atoms with E-state index in [0.29, 0.717) is 0 Å². The van der Waals surface area contributed by atoms with Crippen molar-refractivity contribution in [1.82, 2.24) is 0 Å². The fourth-order valence-corrected chi connectivity index (χ4v) is 0.129. The number of carbonyl (C=O) groups excluding carboxylic acids is 1. The van der Waals surface area contributed by atoms with Crippen LogP contribution < -0.4 is 0 Å². The molecule has 0 fully saturated rings. The van der Waals surface area contributed by atoms with Crippen LogP contribution in [0, 0.1) is 0 Å². The van der Waals surface area contributed by atoms with Gasteiger partial charge in [-0.25, -0.2) is 4.79 Å². The van der Waals surface area contributed by atoms with E-state index in [0.717, 1.165) is 13.2 Å². The van der Waals surface area contributed by atoms with Gasteiger partial charge in [0.1, 0.15) is 0 Å². The Hall–Kier alpha value is -1.03. The summed E-state index contributed by atoms with van der Waals surface area (Å²) in [6.45, 7) is 4.16. The molecule has 0 saturated heterocycles. The lowest BCUT2D eigenvalue weighted by molar-refractivity contribution is -0.134. The standard InChI is InChI=1S/C3H3ClO2.C2H4O2/c1-2-6-3(4)5;1-2(3)4/h2H,1H2;1H3,(H,3,4). The Labute approximate surface area is 63.0 Å². The number of ether oxygens (including phenoxy) is 1. The van der Waals surface area contributed by atoms with Crippen LogP contribution in [-0.4, -0.2) is 16.5 Å². The zero-order valence-corrected chi connectivity index (χ0v) is 6.09. The molecular formula is C5H7ClO4. The second kappa shape index (κ2) is 7.97. The molecule has 4 nitrogen and oxygen atoms in total. The van der Waals surface area contributed by atoms with Gasteiger partial charge in [-0.3, -0.25) is 4.79 Å². The Balaban J connectivity index is 0. The van der Waals surface area contributed by atoms with Crippen LogP contribution in [-0.2, 0) is 9.53 Å². The second-order valence-corrected chi connectivity index (χ2v) is 1.35. The fourth-order valence-electron chi connectivity index (χ4n) is 0.0655. The van der Waals surface area contributed by atoms with Crippen molar-refractivity contribution in [2.24, 2.45) is 0 Å². The monoisotopic (exact) mass is 166 g/mol. The summed E-state index contributed by atoms with van der Waals surface area (Å²) in [4.78, 5) is 18.5. The van der Waals surface area contributed by atoms with Crippen LogP contribution in [0.2, 0.25) is 0 Å². The molecule has 0 aliphatic carbocycles. The first-order valence-corrected chi connectivity index (χ1v) is 2.55. The van der Waals surface area contributed by atoms with Gasteiger partial charge in [-0.1, -0.05) is 6.58 Å². The van der Waals surface area contributed by atoms with Crippen molar-refractivity contribution < 1.29 is 19.4 Å². The fraction of sp³-hybridized carbons (Fsp3) is 0.200. The summed E-state index contributed by atoms with van der Waals surface area (Å²) in [5.41, 5.74) is -0.856. The first kappa shape index (κ1) is 11.7. The van der Waals surface area contributed by atoms with Crippen molar-refractivity contribution in [2.45, 2.75) is 6.92 Å². The molecule has 0 rings (SSSR count). The average molecular weight is 167 g/mol. The smallest absolute Gasteiger partial charge is 0.408 e. The third kappa shape index (κ3) is 64.0. The lowest BCUT2D eigenvalue weighted by Crippen LogP contribution is -1.79. The van der Waals surface area contributed by atoms with Crippen LogP contribution in [0.5, 0.6) is 0 Å². The molecule has 0 saturated carbocycles. The summed E-state index contributed by atoms with van der Waals surface area (Å²) in [5, 5.41) is 7.42. The molecule has 0 aromatic heterocycles. The van der Waals surface area contributed by atoms with Crippen LogP contribution in [0.3, 0.4) is 0 Å². The molecule has 10 heavy (non-hydrogen) atoms. The highest BCUT2D eigenvalue weighted by Crippen LogP contribution is 1.83. The highest BCUT2D eigenvalue weighted by molar-refractivity contribution is 6.61. The molecule has 0 aliphatic heterocycles. The SMILES string of the molecule is C=COC(=O)Cl.CC(=O)O. The number of carbonyl (C=O) groups is 2. The third-order valence-corrected chi connectivity index (χ3v) is 0.265. The van der Waals surface area contributed by atoms with Gasteiger partial charge >= 0.3 is 5.43 Å². The summed E-state index contributed by atoms with van der Waals surface area (Å²) < 4.78 is 3.93.